The summed E-state index contributed by atoms with van der Waals surface area (Å²) in [6.45, 7) is 4.44. The highest BCUT2D eigenvalue weighted by Gasteiger charge is 2.08. The Morgan fingerprint density at radius 1 is 1.15 bits per heavy atom. The van der Waals surface area contributed by atoms with E-state index in [0.717, 1.165) is 29.9 Å². The quantitative estimate of drug-likeness (QED) is 0.841. The molecule has 0 aliphatic carbocycles. The fourth-order valence-corrected chi connectivity index (χ4v) is 2.30. The molecule has 0 heterocycles. The van der Waals surface area contributed by atoms with Crippen molar-refractivity contribution in [1.29, 1.82) is 0 Å². The van der Waals surface area contributed by atoms with Gasteiger partial charge in [-0.05, 0) is 35.9 Å². The number of halogens is 2. The van der Waals surface area contributed by atoms with Crippen LogP contribution in [0.1, 0.15) is 18.1 Å². The first-order chi connectivity index (χ1) is 9.60. The van der Waals surface area contributed by atoms with Gasteiger partial charge in [0.15, 0.2) is 0 Å². The van der Waals surface area contributed by atoms with Gasteiger partial charge in [0.2, 0.25) is 0 Å². The van der Waals surface area contributed by atoms with Gasteiger partial charge in [-0.1, -0.05) is 42.8 Å². The topological polar surface area (TPSA) is 29.3 Å². The molecule has 2 rings (SSSR count). The second-order valence-corrected chi connectivity index (χ2v) is 5.16. The molecule has 4 heteroatoms. The van der Waals surface area contributed by atoms with Crippen LogP contribution in [0, 0.1) is 5.82 Å². The molecule has 0 atom stereocenters. The van der Waals surface area contributed by atoms with Crippen molar-refractivity contribution in [2.45, 2.75) is 20.0 Å². The third-order valence-electron chi connectivity index (χ3n) is 3.29. The molecule has 0 amide bonds. The number of nitrogen functional groups attached to an aromatic ring is 1. The summed E-state index contributed by atoms with van der Waals surface area (Å²) >= 11 is 5.81. The largest absolute Gasteiger partial charge is 0.398 e. The van der Waals surface area contributed by atoms with E-state index in [1.807, 2.05) is 24.3 Å². The summed E-state index contributed by atoms with van der Waals surface area (Å²) in [5, 5.41) is 0.165. The molecule has 0 radical (unpaired) electrons. The van der Waals surface area contributed by atoms with Crippen molar-refractivity contribution in [1.82, 2.24) is 4.90 Å². The summed E-state index contributed by atoms with van der Waals surface area (Å²) in [7, 11) is 0. The summed E-state index contributed by atoms with van der Waals surface area (Å²) < 4.78 is 13.2. The van der Waals surface area contributed by atoms with Crippen molar-refractivity contribution in [3.05, 3.63) is 64.4 Å². The van der Waals surface area contributed by atoms with Crippen LogP contribution in [-0.4, -0.2) is 11.4 Å². The maximum atomic E-state index is 13.2. The van der Waals surface area contributed by atoms with Crippen molar-refractivity contribution in [2.75, 3.05) is 12.3 Å². The summed E-state index contributed by atoms with van der Waals surface area (Å²) in [6, 6.07) is 12.7. The average molecular weight is 293 g/mol. The molecule has 0 aromatic heterocycles. The maximum Gasteiger partial charge on any atom is 0.141 e. The molecule has 0 saturated heterocycles. The van der Waals surface area contributed by atoms with Crippen LogP contribution in [0.3, 0.4) is 0 Å². The number of anilines is 1. The highest BCUT2D eigenvalue weighted by molar-refractivity contribution is 6.30. The minimum absolute atomic E-state index is 0.165. The first-order valence-corrected chi connectivity index (χ1v) is 6.97. The fourth-order valence-electron chi connectivity index (χ4n) is 2.09. The van der Waals surface area contributed by atoms with Crippen molar-refractivity contribution >= 4 is 17.3 Å². The molecule has 0 spiro atoms. The van der Waals surface area contributed by atoms with Gasteiger partial charge in [0, 0.05) is 18.8 Å². The Morgan fingerprint density at radius 3 is 2.55 bits per heavy atom. The highest BCUT2D eigenvalue weighted by atomic mass is 35.5. The monoisotopic (exact) mass is 292 g/mol. The number of rotatable bonds is 5. The molecule has 20 heavy (non-hydrogen) atoms. The molecule has 2 aromatic carbocycles. The van der Waals surface area contributed by atoms with E-state index in [0.29, 0.717) is 6.54 Å². The van der Waals surface area contributed by atoms with E-state index in [9.17, 15) is 4.39 Å². The molecule has 0 unspecified atom stereocenters. The van der Waals surface area contributed by atoms with Gasteiger partial charge >= 0.3 is 0 Å². The minimum Gasteiger partial charge on any atom is -0.398 e. The summed E-state index contributed by atoms with van der Waals surface area (Å²) in [5.74, 6) is -0.384. The molecule has 0 saturated carbocycles. The van der Waals surface area contributed by atoms with Crippen molar-refractivity contribution in [2.24, 2.45) is 0 Å². The zero-order chi connectivity index (χ0) is 14.5. The smallest absolute Gasteiger partial charge is 0.141 e. The Kier molecular flexibility index (Phi) is 4.99. The van der Waals surface area contributed by atoms with Crippen LogP contribution in [0.2, 0.25) is 5.02 Å². The lowest BCUT2D eigenvalue weighted by Gasteiger charge is -2.21. The van der Waals surface area contributed by atoms with Crippen LogP contribution in [-0.2, 0) is 13.1 Å². The maximum absolute atomic E-state index is 13.2. The van der Waals surface area contributed by atoms with Gasteiger partial charge in [-0.25, -0.2) is 4.39 Å². The fraction of sp³-hybridized carbons (Fsp3) is 0.250. The Bertz CT molecular complexity index is 586. The first-order valence-electron chi connectivity index (χ1n) is 6.59. The molecule has 2 N–H and O–H groups in total. The van der Waals surface area contributed by atoms with E-state index in [2.05, 4.69) is 11.8 Å². The van der Waals surface area contributed by atoms with Gasteiger partial charge in [-0.2, -0.15) is 0 Å². The zero-order valence-electron chi connectivity index (χ0n) is 11.4. The number of para-hydroxylation sites is 1. The van der Waals surface area contributed by atoms with Crippen molar-refractivity contribution in [3.63, 3.8) is 0 Å². The molecule has 0 fully saturated rings. The number of hydrogen-bond acceptors (Lipinski definition) is 2. The summed E-state index contributed by atoms with van der Waals surface area (Å²) in [4.78, 5) is 2.23. The van der Waals surface area contributed by atoms with Crippen LogP contribution in [0.4, 0.5) is 10.1 Å². The van der Waals surface area contributed by atoms with E-state index in [1.165, 1.54) is 6.07 Å². The Labute approximate surface area is 124 Å². The normalized spacial score (nSPS) is 11.0. The van der Waals surface area contributed by atoms with Gasteiger partial charge in [-0.3, -0.25) is 4.90 Å². The third kappa shape index (κ3) is 3.71. The second kappa shape index (κ2) is 6.73. The average Bonchev–Trinajstić information content (AvgIpc) is 2.44. The van der Waals surface area contributed by atoms with E-state index in [-0.39, 0.29) is 10.8 Å². The third-order valence-corrected chi connectivity index (χ3v) is 3.58. The summed E-state index contributed by atoms with van der Waals surface area (Å²) in [6.07, 6.45) is 0. The predicted octanol–water partition coefficient (Wildman–Crippen LogP) is 4.08. The molecule has 0 bridgehead atoms. The van der Waals surface area contributed by atoms with E-state index < -0.39 is 0 Å². The summed E-state index contributed by atoms with van der Waals surface area (Å²) in [5.41, 5.74) is 8.85. The Morgan fingerprint density at radius 2 is 1.90 bits per heavy atom. The first kappa shape index (κ1) is 14.8. The number of nitrogens with two attached hydrogens (primary N) is 1. The van der Waals surface area contributed by atoms with Crippen LogP contribution < -0.4 is 5.73 Å². The standard InChI is InChI=1S/C16H18ClFN2/c1-2-20(11-13-5-3-4-6-16(13)19)10-12-7-8-15(18)14(17)9-12/h3-9H,2,10-11,19H2,1H3. The molecule has 0 aliphatic heterocycles. The van der Waals surface area contributed by atoms with Gasteiger partial charge in [0.05, 0.1) is 5.02 Å². The van der Waals surface area contributed by atoms with Crippen LogP contribution >= 0.6 is 11.6 Å². The number of nitrogens with zero attached hydrogens (tertiary/aromatic N) is 1. The SMILES string of the molecule is CCN(Cc1ccc(F)c(Cl)c1)Cc1ccccc1N. The lowest BCUT2D eigenvalue weighted by atomic mass is 10.1. The lowest BCUT2D eigenvalue weighted by Crippen LogP contribution is -2.22. The number of hydrogen-bond donors (Lipinski definition) is 1. The van der Waals surface area contributed by atoms with Crippen LogP contribution in [0.15, 0.2) is 42.5 Å². The van der Waals surface area contributed by atoms with Crippen molar-refractivity contribution < 1.29 is 4.39 Å². The minimum atomic E-state index is -0.384. The van der Waals surface area contributed by atoms with Crippen molar-refractivity contribution in [3.8, 4) is 0 Å². The Hall–Kier alpha value is -1.58. The molecule has 0 aliphatic rings. The van der Waals surface area contributed by atoms with Crippen LogP contribution in [0.5, 0.6) is 0 Å². The Balaban J connectivity index is 2.09. The van der Waals surface area contributed by atoms with E-state index >= 15 is 0 Å². The zero-order valence-corrected chi connectivity index (χ0v) is 12.2. The van der Waals surface area contributed by atoms with Crippen LogP contribution in [0.25, 0.3) is 0 Å². The molecular weight excluding hydrogens is 275 g/mol. The lowest BCUT2D eigenvalue weighted by molar-refractivity contribution is 0.272. The van der Waals surface area contributed by atoms with Gasteiger partial charge in [-0.15, -0.1) is 0 Å². The molecule has 2 aromatic rings. The van der Waals surface area contributed by atoms with Gasteiger partial charge in [0.25, 0.3) is 0 Å². The molecule has 2 nitrogen and oxygen atoms in total. The van der Waals surface area contributed by atoms with Gasteiger partial charge in [0.1, 0.15) is 5.82 Å². The highest BCUT2D eigenvalue weighted by Crippen LogP contribution is 2.19. The number of benzene rings is 2. The second-order valence-electron chi connectivity index (χ2n) is 4.75. The molecular formula is C16H18ClFN2. The van der Waals surface area contributed by atoms with E-state index in [1.54, 1.807) is 12.1 Å². The van der Waals surface area contributed by atoms with Gasteiger partial charge < -0.3 is 5.73 Å². The molecule has 106 valence electrons. The van der Waals surface area contributed by atoms with E-state index in [4.69, 9.17) is 17.3 Å². The predicted molar refractivity (Wildman–Crippen MR) is 82.1 cm³/mol.